The summed E-state index contributed by atoms with van der Waals surface area (Å²) < 4.78 is 0. The van der Waals surface area contributed by atoms with Gasteiger partial charge < -0.3 is 11.1 Å². The van der Waals surface area contributed by atoms with E-state index < -0.39 is 0 Å². The van der Waals surface area contributed by atoms with E-state index in [0.717, 1.165) is 10.9 Å². The molecule has 2 rings (SSSR count). The van der Waals surface area contributed by atoms with Crippen molar-refractivity contribution in [3.8, 4) is 0 Å². The summed E-state index contributed by atoms with van der Waals surface area (Å²) in [6, 6.07) is 11.3. The van der Waals surface area contributed by atoms with Gasteiger partial charge in [-0.15, -0.1) is 0 Å². The van der Waals surface area contributed by atoms with Crippen LogP contribution in [0.3, 0.4) is 0 Å². The van der Waals surface area contributed by atoms with Crippen molar-refractivity contribution in [3.63, 3.8) is 0 Å². The Hall–Kier alpha value is -1.94. The van der Waals surface area contributed by atoms with Gasteiger partial charge in [0.05, 0.1) is 5.52 Å². The number of pyridine rings is 1. The molecule has 4 heteroatoms. The van der Waals surface area contributed by atoms with Gasteiger partial charge in [0.15, 0.2) is 0 Å². The van der Waals surface area contributed by atoms with Crippen LogP contribution in [-0.4, -0.2) is 23.5 Å². The summed E-state index contributed by atoms with van der Waals surface area (Å²) in [5.41, 5.74) is 6.90. The molecule has 0 aliphatic carbocycles. The van der Waals surface area contributed by atoms with Gasteiger partial charge >= 0.3 is 0 Å². The smallest absolute Gasteiger partial charge is 0.270 e. The molecule has 0 radical (unpaired) electrons. The van der Waals surface area contributed by atoms with Crippen molar-refractivity contribution in [1.29, 1.82) is 0 Å². The highest BCUT2D eigenvalue weighted by Crippen LogP contribution is 2.19. The van der Waals surface area contributed by atoms with Crippen LogP contribution in [0.15, 0.2) is 36.4 Å². The van der Waals surface area contributed by atoms with Crippen molar-refractivity contribution < 1.29 is 4.79 Å². The van der Waals surface area contributed by atoms with Gasteiger partial charge in [-0.25, -0.2) is 4.98 Å². The minimum absolute atomic E-state index is 0.0803. The third kappa shape index (κ3) is 3.14. The van der Waals surface area contributed by atoms with Gasteiger partial charge in [-0.1, -0.05) is 45.0 Å². The number of carbonyl (C=O) groups is 1. The zero-order valence-corrected chi connectivity index (χ0v) is 12.2. The summed E-state index contributed by atoms with van der Waals surface area (Å²) >= 11 is 0. The molecule has 0 fully saturated rings. The zero-order chi connectivity index (χ0) is 14.8. The first-order valence-corrected chi connectivity index (χ1v) is 6.78. The van der Waals surface area contributed by atoms with Gasteiger partial charge in [-0.2, -0.15) is 0 Å². The number of aromatic nitrogens is 1. The number of hydrogen-bond donors (Lipinski definition) is 2. The summed E-state index contributed by atoms with van der Waals surface area (Å²) in [6.07, 6.45) is 0. The molecule has 1 amide bonds. The molecule has 0 aliphatic rings. The molecule has 2 aromatic rings. The van der Waals surface area contributed by atoms with E-state index in [2.05, 4.69) is 31.1 Å². The number of fused-ring (bicyclic) bond motifs is 1. The van der Waals surface area contributed by atoms with Crippen molar-refractivity contribution in [2.75, 3.05) is 6.54 Å². The van der Waals surface area contributed by atoms with Crippen LogP contribution in [0.2, 0.25) is 0 Å². The monoisotopic (exact) mass is 271 g/mol. The maximum absolute atomic E-state index is 12.3. The van der Waals surface area contributed by atoms with Crippen molar-refractivity contribution in [1.82, 2.24) is 10.3 Å². The van der Waals surface area contributed by atoms with Crippen LogP contribution in [0.25, 0.3) is 10.9 Å². The summed E-state index contributed by atoms with van der Waals surface area (Å²) in [5, 5.41) is 3.98. The largest absolute Gasteiger partial charge is 0.346 e. The highest BCUT2D eigenvalue weighted by atomic mass is 16.1. The maximum atomic E-state index is 12.3. The highest BCUT2D eigenvalue weighted by molar-refractivity contribution is 5.95. The van der Waals surface area contributed by atoms with Crippen LogP contribution in [0.1, 0.15) is 31.3 Å². The summed E-state index contributed by atoms with van der Waals surface area (Å²) in [4.78, 5) is 16.7. The van der Waals surface area contributed by atoms with Crippen LogP contribution in [0, 0.1) is 5.41 Å². The van der Waals surface area contributed by atoms with Crippen molar-refractivity contribution >= 4 is 16.8 Å². The van der Waals surface area contributed by atoms with Crippen LogP contribution in [0.4, 0.5) is 0 Å². The van der Waals surface area contributed by atoms with Gasteiger partial charge in [-0.3, -0.25) is 4.79 Å². The fourth-order valence-corrected chi connectivity index (χ4v) is 2.05. The molecule has 0 spiro atoms. The molecule has 4 nitrogen and oxygen atoms in total. The Labute approximate surface area is 119 Å². The predicted octanol–water partition coefficient (Wildman–Crippen LogP) is 2.34. The molecule has 1 unspecified atom stereocenters. The Morgan fingerprint density at radius 2 is 1.95 bits per heavy atom. The van der Waals surface area contributed by atoms with E-state index in [1.807, 2.05) is 30.3 Å². The van der Waals surface area contributed by atoms with Gasteiger partial charge in [0.2, 0.25) is 0 Å². The van der Waals surface area contributed by atoms with Gasteiger partial charge in [-0.05, 0) is 17.5 Å². The second-order valence-electron chi connectivity index (χ2n) is 6.02. The van der Waals surface area contributed by atoms with E-state index in [9.17, 15) is 4.79 Å². The second-order valence-corrected chi connectivity index (χ2v) is 6.02. The number of para-hydroxylation sites is 1. The Kier molecular flexibility index (Phi) is 4.04. The number of nitrogens with zero attached hydrogens (tertiary/aromatic N) is 1. The first-order valence-electron chi connectivity index (χ1n) is 6.78. The SMILES string of the molecule is CC(C)(C)C(CN)NC(=O)c1ccc2ccccc2n1. The molecule has 0 saturated carbocycles. The van der Waals surface area contributed by atoms with Crippen LogP contribution in [-0.2, 0) is 0 Å². The molecule has 3 N–H and O–H groups in total. The lowest BCUT2D eigenvalue weighted by molar-refractivity contribution is 0.0901. The third-order valence-corrected chi connectivity index (χ3v) is 3.42. The topological polar surface area (TPSA) is 68.0 Å². The lowest BCUT2D eigenvalue weighted by Crippen LogP contribution is -2.48. The Morgan fingerprint density at radius 3 is 2.60 bits per heavy atom. The molecule has 1 heterocycles. The van der Waals surface area contributed by atoms with E-state index in [-0.39, 0.29) is 17.4 Å². The van der Waals surface area contributed by atoms with Gasteiger partial charge in [0.1, 0.15) is 5.69 Å². The maximum Gasteiger partial charge on any atom is 0.270 e. The van der Waals surface area contributed by atoms with Gasteiger partial charge in [0, 0.05) is 18.0 Å². The lowest BCUT2D eigenvalue weighted by Gasteiger charge is -2.30. The molecule has 0 aliphatic heterocycles. The number of carbonyl (C=O) groups excluding carboxylic acids is 1. The fraction of sp³-hybridized carbons (Fsp3) is 0.375. The second kappa shape index (κ2) is 5.59. The molecule has 20 heavy (non-hydrogen) atoms. The van der Waals surface area contributed by atoms with E-state index >= 15 is 0 Å². The molecular weight excluding hydrogens is 250 g/mol. The third-order valence-electron chi connectivity index (χ3n) is 3.42. The summed E-state index contributed by atoms with van der Waals surface area (Å²) in [7, 11) is 0. The number of amides is 1. The fourth-order valence-electron chi connectivity index (χ4n) is 2.05. The minimum Gasteiger partial charge on any atom is -0.346 e. The first kappa shape index (κ1) is 14.5. The first-order chi connectivity index (χ1) is 9.41. The van der Waals surface area contributed by atoms with Gasteiger partial charge in [0.25, 0.3) is 5.91 Å². The van der Waals surface area contributed by atoms with E-state index in [0.29, 0.717) is 12.2 Å². The quantitative estimate of drug-likeness (QED) is 0.900. The lowest BCUT2D eigenvalue weighted by atomic mass is 9.86. The molecule has 0 saturated heterocycles. The summed E-state index contributed by atoms with van der Waals surface area (Å²) in [6.45, 7) is 6.57. The average molecular weight is 271 g/mol. The molecule has 1 atom stereocenters. The number of nitrogens with two attached hydrogens (primary N) is 1. The Morgan fingerprint density at radius 1 is 1.25 bits per heavy atom. The van der Waals surface area contributed by atoms with Crippen molar-refractivity contribution in [2.24, 2.45) is 11.1 Å². The van der Waals surface area contributed by atoms with Crippen molar-refractivity contribution in [2.45, 2.75) is 26.8 Å². The number of benzene rings is 1. The number of hydrogen-bond acceptors (Lipinski definition) is 3. The zero-order valence-electron chi connectivity index (χ0n) is 12.2. The Balaban J connectivity index is 2.23. The Bertz CT molecular complexity index is 616. The predicted molar refractivity (Wildman–Crippen MR) is 81.5 cm³/mol. The molecule has 0 bridgehead atoms. The average Bonchev–Trinajstić information content (AvgIpc) is 2.42. The highest BCUT2D eigenvalue weighted by Gasteiger charge is 2.25. The summed E-state index contributed by atoms with van der Waals surface area (Å²) in [5.74, 6) is -0.180. The molecular formula is C16H21N3O. The van der Waals surface area contributed by atoms with E-state index in [1.54, 1.807) is 6.07 Å². The van der Waals surface area contributed by atoms with Crippen LogP contribution >= 0.6 is 0 Å². The number of nitrogens with one attached hydrogen (secondary N) is 1. The van der Waals surface area contributed by atoms with Crippen LogP contribution in [0.5, 0.6) is 0 Å². The molecule has 1 aromatic heterocycles. The standard InChI is InChI=1S/C16H21N3O/c1-16(2,3)14(10-17)19-15(20)13-9-8-11-6-4-5-7-12(11)18-13/h4-9,14H,10,17H2,1-3H3,(H,19,20). The van der Waals surface area contributed by atoms with E-state index in [1.165, 1.54) is 0 Å². The van der Waals surface area contributed by atoms with Crippen molar-refractivity contribution in [3.05, 3.63) is 42.1 Å². The van der Waals surface area contributed by atoms with E-state index in [4.69, 9.17) is 5.73 Å². The minimum atomic E-state index is -0.180. The number of rotatable bonds is 3. The normalized spacial score (nSPS) is 13.2. The van der Waals surface area contributed by atoms with Crippen LogP contribution < -0.4 is 11.1 Å². The molecule has 106 valence electrons. The molecule has 1 aromatic carbocycles.